The Kier molecular flexibility index (Phi) is 3.62. The zero-order chi connectivity index (χ0) is 14.3. The number of aryl methyl sites for hydroxylation is 1. The van der Waals surface area contributed by atoms with Crippen LogP contribution in [0, 0.1) is 6.92 Å². The van der Waals surface area contributed by atoms with Crippen molar-refractivity contribution in [1.29, 1.82) is 0 Å². The van der Waals surface area contributed by atoms with Crippen LogP contribution < -0.4 is 0 Å². The quantitative estimate of drug-likeness (QED) is 0.805. The summed E-state index contributed by atoms with van der Waals surface area (Å²) in [5.74, 6) is -0.842. The van der Waals surface area contributed by atoms with Crippen molar-refractivity contribution in [2.24, 2.45) is 0 Å². The van der Waals surface area contributed by atoms with Crippen LogP contribution >= 0.6 is 0 Å². The first-order valence-electron chi connectivity index (χ1n) is 6.34. The summed E-state index contributed by atoms with van der Waals surface area (Å²) >= 11 is 0. The Morgan fingerprint density at radius 3 is 1.72 bits per heavy atom. The number of hydrogen-bond donors (Lipinski definition) is 1. The highest BCUT2D eigenvalue weighted by atomic mass is 16.4. The van der Waals surface area contributed by atoms with Crippen molar-refractivity contribution < 1.29 is 9.90 Å². The zero-order valence-electron chi connectivity index (χ0n) is 12.5. The number of carbonyl (C=O) groups is 1. The van der Waals surface area contributed by atoms with Gasteiger partial charge in [0.1, 0.15) is 0 Å². The maximum Gasteiger partial charge on any atom is 0.335 e. The standard InChI is InChI=1S/C16H24O2/c1-10-8-9-11(14(17)18)13(16(5,6)7)12(10)15(2,3)4/h8-9H,1-7H3,(H,17,18). The molecule has 1 N–H and O–H groups in total. The van der Waals surface area contributed by atoms with Crippen molar-refractivity contribution in [2.75, 3.05) is 0 Å². The van der Waals surface area contributed by atoms with Gasteiger partial charge in [-0.2, -0.15) is 0 Å². The van der Waals surface area contributed by atoms with Gasteiger partial charge in [0.05, 0.1) is 5.56 Å². The molecular weight excluding hydrogens is 224 g/mol. The molecule has 0 aliphatic carbocycles. The summed E-state index contributed by atoms with van der Waals surface area (Å²) in [6, 6.07) is 3.65. The Labute approximate surface area is 110 Å². The lowest BCUT2D eigenvalue weighted by atomic mass is 9.71. The van der Waals surface area contributed by atoms with Crippen LogP contribution in [-0.2, 0) is 10.8 Å². The smallest absolute Gasteiger partial charge is 0.335 e. The van der Waals surface area contributed by atoms with E-state index in [9.17, 15) is 9.90 Å². The second-order valence-electron chi connectivity index (χ2n) is 6.99. The van der Waals surface area contributed by atoms with Crippen LogP contribution in [0.2, 0.25) is 0 Å². The van der Waals surface area contributed by atoms with Crippen molar-refractivity contribution >= 4 is 5.97 Å². The van der Waals surface area contributed by atoms with Crippen molar-refractivity contribution in [3.63, 3.8) is 0 Å². The van der Waals surface area contributed by atoms with E-state index < -0.39 is 5.97 Å². The number of rotatable bonds is 1. The molecule has 0 aromatic heterocycles. The molecule has 1 rings (SSSR count). The van der Waals surface area contributed by atoms with Gasteiger partial charge in [0.25, 0.3) is 0 Å². The van der Waals surface area contributed by atoms with E-state index in [0.29, 0.717) is 5.56 Å². The number of aromatic carboxylic acids is 1. The first kappa shape index (κ1) is 14.7. The van der Waals surface area contributed by atoms with Gasteiger partial charge in [0, 0.05) is 0 Å². The van der Waals surface area contributed by atoms with Gasteiger partial charge in [-0.25, -0.2) is 4.79 Å². The molecular formula is C16H24O2. The van der Waals surface area contributed by atoms with Crippen molar-refractivity contribution in [1.82, 2.24) is 0 Å². The van der Waals surface area contributed by atoms with E-state index >= 15 is 0 Å². The molecule has 0 amide bonds. The lowest BCUT2D eigenvalue weighted by Crippen LogP contribution is -2.26. The van der Waals surface area contributed by atoms with E-state index in [1.54, 1.807) is 6.07 Å². The van der Waals surface area contributed by atoms with Crippen molar-refractivity contribution in [3.8, 4) is 0 Å². The van der Waals surface area contributed by atoms with Crippen LogP contribution in [-0.4, -0.2) is 11.1 Å². The Morgan fingerprint density at radius 2 is 1.39 bits per heavy atom. The van der Waals surface area contributed by atoms with Gasteiger partial charge in [-0.1, -0.05) is 47.6 Å². The maximum atomic E-state index is 11.5. The first-order valence-corrected chi connectivity index (χ1v) is 6.34. The molecule has 0 saturated carbocycles. The molecule has 100 valence electrons. The van der Waals surface area contributed by atoms with Crippen LogP contribution in [0.5, 0.6) is 0 Å². The predicted molar refractivity (Wildman–Crippen MR) is 75.5 cm³/mol. The summed E-state index contributed by atoms with van der Waals surface area (Å²) in [5.41, 5.74) is 3.48. The largest absolute Gasteiger partial charge is 0.478 e. The SMILES string of the molecule is Cc1ccc(C(=O)O)c(C(C)(C)C)c1C(C)(C)C. The lowest BCUT2D eigenvalue weighted by molar-refractivity contribution is 0.0694. The minimum absolute atomic E-state index is 0.0574. The Hall–Kier alpha value is -1.31. The molecule has 0 aliphatic rings. The summed E-state index contributed by atoms with van der Waals surface area (Å²) in [5, 5.41) is 9.41. The minimum atomic E-state index is -0.842. The van der Waals surface area contributed by atoms with Crippen LogP contribution in [0.25, 0.3) is 0 Å². The number of benzene rings is 1. The summed E-state index contributed by atoms with van der Waals surface area (Å²) in [6.07, 6.45) is 0. The second kappa shape index (κ2) is 4.42. The Morgan fingerprint density at radius 1 is 0.944 bits per heavy atom. The molecule has 18 heavy (non-hydrogen) atoms. The molecule has 0 aliphatic heterocycles. The third-order valence-electron chi connectivity index (χ3n) is 3.14. The topological polar surface area (TPSA) is 37.3 Å². The predicted octanol–water partition coefficient (Wildman–Crippen LogP) is 4.29. The highest BCUT2D eigenvalue weighted by Gasteiger charge is 2.30. The molecule has 0 heterocycles. The fourth-order valence-corrected chi connectivity index (χ4v) is 2.63. The molecule has 0 spiro atoms. The molecule has 1 aromatic carbocycles. The number of carboxylic acids is 1. The van der Waals surface area contributed by atoms with E-state index in [1.807, 2.05) is 6.07 Å². The van der Waals surface area contributed by atoms with Crippen LogP contribution in [0.4, 0.5) is 0 Å². The second-order valence-corrected chi connectivity index (χ2v) is 6.99. The van der Waals surface area contributed by atoms with Gasteiger partial charge in [0.15, 0.2) is 0 Å². The van der Waals surface area contributed by atoms with E-state index in [1.165, 1.54) is 0 Å². The third-order valence-corrected chi connectivity index (χ3v) is 3.14. The molecule has 2 heteroatoms. The monoisotopic (exact) mass is 248 g/mol. The maximum absolute atomic E-state index is 11.5. The van der Waals surface area contributed by atoms with Gasteiger partial charge in [-0.05, 0) is 40.5 Å². The van der Waals surface area contributed by atoms with Gasteiger partial charge < -0.3 is 5.11 Å². The van der Waals surface area contributed by atoms with Gasteiger partial charge in [-0.3, -0.25) is 0 Å². The zero-order valence-corrected chi connectivity index (χ0v) is 12.5. The average Bonchev–Trinajstić information content (AvgIpc) is 2.13. The summed E-state index contributed by atoms with van der Waals surface area (Å²) in [7, 11) is 0. The van der Waals surface area contributed by atoms with E-state index in [2.05, 4.69) is 48.5 Å². The van der Waals surface area contributed by atoms with Crippen LogP contribution in [0.3, 0.4) is 0 Å². The van der Waals surface area contributed by atoms with Crippen molar-refractivity contribution in [2.45, 2.75) is 59.3 Å². The molecule has 0 radical (unpaired) electrons. The fraction of sp³-hybridized carbons (Fsp3) is 0.562. The Balaban J connectivity index is 3.79. The van der Waals surface area contributed by atoms with E-state index in [0.717, 1.165) is 16.7 Å². The molecule has 0 saturated heterocycles. The molecule has 0 fully saturated rings. The van der Waals surface area contributed by atoms with Crippen LogP contribution in [0.15, 0.2) is 12.1 Å². The first-order chi connectivity index (χ1) is 7.96. The minimum Gasteiger partial charge on any atom is -0.478 e. The van der Waals surface area contributed by atoms with Crippen LogP contribution in [0.1, 0.15) is 68.6 Å². The van der Waals surface area contributed by atoms with Crippen molar-refractivity contribution in [3.05, 3.63) is 34.4 Å². The lowest BCUT2D eigenvalue weighted by Gasteiger charge is -2.33. The summed E-state index contributed by atoms with van der Waals surface area (Å²) in [4.78, 5) is 11.5. The van der Waals surface area contributed by atoms with Gasteiger partial charge >= 0.3 is 5.97 Å². The fourth-order valence-electron chi connectivity index (χ4n) is 2.63. The molecule has 0 atom stereocenters. The number of carboxylic acid groups (broad SMARTS) is 1. The number of hydrogen-bond acceptors (Lipinski definition) is 1. The highest BCUT2D eigenvalue weighted by molar-refractivity contribution is 5.90. The Bertz CT molecular complexity index is 471. The van der Waals surface area contributed by atoms with E-state index in [4.69, 9.17) is 0 Å². The highest BCUT2D eigenvalue weighted by Crippen LogP contribution is 2.38. The average molecular weight is 248 g/mol. The van der Waals surface area contributed by atoms with E-state index in [-0.39, 0.29) is 10.8 Å². The summed E-state index contributed by atoms with van der Waals surface area (Å²) < 4.78 is 0. The molecule has 0 bridgehead atoms. The third kappa shape index (κ3) is 2.74. The van der Waals surface area contributed by atoms with Gasteiger partial charge in [-0.15, -0.1) is 0 Å². The summed E-state index contributed by atoms with van der Waals surface area (Å²) in [6.45, 7) is 14.7. The molecule has 0 unspecified atom stereocenters. The van der Waals surface area contributed by atoms with Gasteiger partial charge in [0.2, 0.25) is 0 Å². The molecule has 1 aromatic rings. The molecule has 2 nitrogen and oxygen atoms in total. The normalized spacial score (nSPS) is 12.6.